The van der Waals surface area contributed by atoms with Gasteiger partial charge in [-0.25, -0.2) is 0 Å². The summed E-state index contributed by atoms with van der Waals surface area (Å²) in [7, 11) is 0. The van der Waals surface area contributed by atoms with Crippen molar-refractivity contribution in [1.82, 2.24) is 4.98 Å². The van der Waals surface area contributed by atoms with Crippen molar-refractivity contribution in [2.45, 2.75) is 6.61 Å². The second kappa shape index (κ2) is 5.41. The fourth-order valence-corrected chi connectivity index (χ4v) is 2.24. The second-order valence-electron chi connectivity index (χ2n) is 4.23. The van der Waals surface area contributed by atoms with Crippen molar-refractivity contribution in [3.63, 3.8) is 0 Å². The van der Waals surface area contributed by atoms with Gasteiger partial charge in [-0.3, -0.25) is 4.98 Å². The quantitative estimate of drug-likeness (QED) is 0.706. The second-order valence-corrected chi connectivity index (χ2v) is 5.15. The zero-order valence-corrected chi connectivity index (χ0v) is 11.8. The van der Waals surface area contributed by atoms with Crippen molar-refractivity contribution in [2.24, 2.45) is 0 Å². The van der Waals surface area contributed by atoms with Crippen LogP contribution in [0.4, 0.5) is 0 Å². The van der Waals surface area contributed by atoms with Crippen LogP contribution in [0.15, 0.2) is 65.3 Å². The molecule has 94 valence electrons. The molecule has 3 rings (SSSR count). The van der Waals surface area contributed by atoms with Gasteiger partial charge in [0.05, 0.1) is 5.52 Å². The average molecular weight is 314 g/mol. The van der Waals surface area contributed by atoms with Crippen LogP contribution in [0.2, 0.25) is 0 Å². The van der Waals surface area contributed by atoms with Crippen molar-refractivity contribution >= 4 is 26.8 Å². The molecule has 0 bridgehead atoms. The number of aromatic nitrogens is 1. The predicted octanol–water partition coefficient (Wildman–Crippen LogP) is 4.58. The molecule has 19 heavy (non-hydrogen) atoms. The molecule has 2 aromatic carbocycles. The molecule has 0 spiro atoms. The molecule has 0 fully saturated rings. The summed E-state index contributed by atoms with van der Waals surface area (Å²) in [6, 6.07) is 17.9. The van der Waals surface area contributed by atoms with Crippen molar-refractivity contribution in [3.05, 3.63) is 70.8 Å². The van der Waals surface area contributed by atoms with E-state index in [4.69, 9.17) is 4.74 Å². The number of hydrogen-bond donors (Lipinski definition) is 0. The minimum absolute atomic E-state index is 0.546. The Morgan fingerprint density at radius 3 is 2.58 bits per heavy atom. The van der Waals surface area contributed by atoms with Crippen LogP contribution in [-0.2, 0) is 6.61 Å². The first-order valence-electron chi connectivity index (χ1n) is 6.04. The fourth-order valence-electron chi connectivity index (χ4n) is 1.97. The third kappa shape index (κ3) is 2.76. The Hall–Kier alpha value is -1.87. The van der Waals surface area contributed by atoms with Crippen LogP contribution < -0.4 is 4.74 Å². The summed E-state index contributed by atoms with van der Waals surface area (Å²) in [5, 5.41) is 1.14. The Bertz CT molecular complexity index is 689. The number of ether oxygens (including phenoxy) is 1. The Balaban J connectivity index is 1.84. The van der Waals surface area contributed by atoms with Gasteiger partial charge in [-0.2, -0.15) is 0 Å². The monoisotopic (exact) mass is 313 g/mol. The maximum atomic E-state index is 5.81. The van der Waals surface area contributed by atoms with E-state index in [9.17, 15) is 0 Å². The number of nitrogens with zero attached hydrogens (tertiary/aromatic N) is 1. The number of halogens is 1. The molecule has 0 N–H and O–H groups in total. The minimum atomic E-state index is 0.546. The molecular weight excluding hydrogens is 302 g/mol. The highest BCUT2D eigenvalue weighted by Crippen LogP contribution is 2.20. The van der Waals surface area contributed by atoms with E-state index in [-0.39, 0.29) is 0 Å². The first-order chi connectivity index (χ1) is 9.33. The van der Waals surface area contributed by atoms with Gasteiger partial charge in [0.2, 0.25) is 0 Å². The number of rotatable bonds is 3. The molecule has 0 atom stereocenters. The van der Waals surface area contributed by atoms with Crippen LogP contribution >= 0.6 is 15.9 Å². The fraction of sp³-hybridized carbons (Fsp3) is 0.0625. The summed E-state index contributed by atoms with van der Waals surface area (Å²) in [4.78, 5) is 4.35. The van der Waals surface area contributed by atoms with Gasteiger partial charge in [0, 0.05) is 21.6 Å². The van der Waals surface area contributed by atoms with Crippen LogP contribution in [0.1, 0.15) is 5.56 Å². The number of pyridine rings is 1. The minimum Gasteiger partial charge on any atom is -0.489 e. The van der Waals surface area contributed by atoms with E-state index >= 15 is 0 Å². The van der Waals surface area contributed by atoms with Crippen LogP contribution in [0.3, 0.4) is 0 Å². The number of hydrogen-bond acceptors (Lipinski definition) is 2. The lowest BCUT2D eigenvalue weighted by Gasteiger charge is -2.08. The highest BCUT2D eigenvalue weighted by atomic mass is 79.9. The summed E-state index contributed by atoms with van der Waals surface area (Å²) in [5.41, 5.74) is 2.15. The Labute approximate surface area is 120 Å². The average Bonchev–Trinajstić information content (AvgIpc) is 2.47. The van der Waals surface area contributed by atoms with E-state index in [0.717, 1.165) is 26.7 Å². The molecule has 1 aromatic heterocycles. The molecule has 0 saturated carbocycles. The molecule has 0 unspecified atom stereocenters. The first-order valence-corrected chi connectivity index (χ1v) is 6.83. The van der Waals surface area contributed by atoms with Crippen LogP contribution in [0, 0.1) is 0 Å². The lowest BCUT2D eigenvalue weighted by atomic mass is 10.1. The van der Waals surface area contributed by atoms with Gasteiger partial charge in [-0.1, -0.05) is 34.1 Å². The molecule has 0 amide bonds. The van der Waals surface area contributed by atoms with Crippen LogP contribution in [0.25, 0.3) is 10.9 Å². The van der Waals surface area contributed by atoms with Crippen LogP contribution in [0.5, 0.6) is 5.75 Å². The Morgan fingerprint density at radius 2 is 1.74 bits per heavy atom. The normalized spacial score (nSPS) is 10.6. The maximum Gasteiger partial charge on any atom is 0.119 e. The zero-order chi connectivity index (χ0) is 13.1. The van der Waals surface area contributed by atoms with E-state index < -0.39 is 0 Å². The van der Waals surface area contributed by atoms with Crippen molar-refractivity contribution < 1.29 is 4.74 Å². The molecule has 3 aromatic rings. The zero-order valence-electron chi connectivity index (χ0n) is 10.2. The third-order valence-electron chi connectivity index (χ3n) is 2.95. The van der Waals surface area contributed by atoms with Crippen molar-refractivity contribution in [1.29, 1.82) is 0 Å². The van der Waals surface area contributed by atoms with Crippen LogP contribution in [-0.4, -0.2) is 4.98 Å². The lowest BCUT2D eigenvalue weighted by molar-refractivity contribution is 0.307. The lowest BCUT2D eigenvalue weighted by Crippen LogP contribution is -1.97. The van der Waals surface area contributed by atoms with Gasteiger partial charge in [0.1, 0.15) is 12.4 Å². The molecule has 0 aliphatic rings. The summed E-state index contributed by atoms with van der Waals surface area (Å²) in [5.74, 6) is 0.865. The standard InChI is InChI=1S/C16H12BrNO/c17-13-5-7-14(8-6-13)19-11-12-9-10-18-16-4-2-1-3-15(12)16/h1-10H,11H2. The highest BCUT2D eigenvalue weighted by molar-refractivity contribution is 9.10. The van der Waals surface area contributed by atoms with Crippen molar-refractivity contribution in [2.75, 3.05) is 0 Å². The van der Waals surface area contributed by atoms with Gasteiger partial charge in [-0.15, -0.1) is 0 Å². The van der Waals surface area contributed by atoms with Gasteiger partial charge < -0.3 is 4.74 Å². The first kappa shape index (κ1) is 12.2. The van der Waals surface area contributed by atoms with E-state index in [1.165, 1.54) is 0 Å². The molecule has 0 aliphatic heterocycles. The number of benzene rings is 2. The van der Waals surface area contributed by atoms with E-state index in [2.05, 4.69) is 27.0 Å². The van der Waals surface area contributed by atoms with E-state index in [0.29, 0.717) is 6.61 Å². The Kier molecular flexibility index (Phi) is 3.47. The molecule has 2 nitrogen and oxygen atoms in total. The van der Waals surface area contributed by atoms with Gasteiger partial charge in [-0.05, 0) is 36.4 Å². The van der Waals surface area contributed by atoms with E-state index in [1.807, 2.05) is 54.7 Å². The molecule has 1 heterocycles. The van der Waals surface area contributed by atoms with Crippen molar-refractivity contribution in [3.8, 4) is 5.75 Å². The van der Waals surface area contributed by atoms with Gasteiger partial charge >= 0.3 is 0 Å². The third-order valence-corrected chi connectivity index (χ3v) is 3.48. The predicted molar refractivity (Wildman–Crippen MR) is 80.2 cm³/mol. The summed E-state index contributed by atoms with van der Waals surface area (Å²) in [6.45, 7) is 0.546. The number of fused-ring (bicyclic) bond motifs is 1. The topological polar surface area (TPSA) is 22.1 Å². The molecular formula is C16H12BrNO. The SMILES string of the molecule is Brc1ccc(OCc2ccnc3ccccc23)cc1. The van der Waals surface area contributed by atoms with Gasteiger partial charge in [0.15, 0.2) is 0 Å². The summed E-state index contributed by atoms with van der Waals surface area (Å²) >= 11 is 3.41. The molecule has 0 aliphatic carbocycles. The highest BCUT2D eigenvalue weighted by Gasteiger charge is 2.02. The summed E-state index contributed by atoms with van der Waals surface area (Å²) in [6.07, 6.45) is 1.82. The van der Waals surface area contributed by atoms with Gasteiger partial charge in [0.25, 0.3) is 0 Å². The molecule has 0 saturated heterocycles. The molecule has 3 heteroatoms. The number of para-hydroxylation sites is 1. The summed E-state index contributed by atoms with van der Waals surface area (Å²) < 4.78 is 6.86. The largest absolute Gasteiger partial charge is 0.489 e. The van der Waals surface area contributed by atoms with E-state index in [1.54, 1.807) is 0 Å². The maximum absolute atomic E-state index is 5.81. The smallest absolute Gasteiger partial charge is 0.119 e. The molecule has 0 radical (unpaired) electrons. The Morgan fingerprint density at radius 1 is 0.947 bits per heavy atom.